The second-order valence-electron chi connectivity index (χ2n) is 6.38. The molecule has 114 valence electrons. The maximum atomic E-state index is 4.38. The van der Waals surface area contributed by atoms with Crippen LogP contribution in [0.25, 0.3) is 11.0 Å². The molecule has 21 heavy (non-hydrogen) atoms. The molecule has 1 aliphatic heterocycles. The van der Waals surface area contributed by atoms with Gasteiger partial charge in [0.05, 0.1) is 0 Å². The topological polar surface area (TPSA) is 44.0 Å². The van der Waals surface area contributed by atoms with Gasteiger partial charge in [-0.25, -0.2) is 4.98 Å². The van der Waals surface area contributed by atoms with Crippen LogP contribution in [0.5, 0.6) is 0 Å². The molecule has 2 aromatic heterocycles. The summed E-state index contributed by atoms with van der Waals surface area (Å²) in [5.41, 5.74) is 2.34. The Kier molecular flexibility index (Phi) is 4.56. The fourth-order valence-corrected chi connectivity index (χ4v) is 3.18. The number of hydrogen-bond donors (Lipinski definition) is 2. The van der Waals surface area contributed by atoms with E-state index in [1.807, 2.05) is 12.3 Å². The van der Waals surface area contributed by atoms with Gasteiger partial charge in [-0.2, -0.15) is 0 Å². The molecule has 0 radical (unpaired) electrons. The summed E-state index contributed by atoms with van der Waals surface area (Å²) in [6.07, 6.45) is 7.95. The third kappa shape index (κ3) is 3.44. The number of fused-ring (bicyclic) bond motifs is 1. The number of pyridine rings is 1. The second kappa shape index (κ2) is 6.58. The Morgan fingerprint density at radius 1 is 1.38 bits per heavy atom. The number of rotatable bonds is 5. The van der Waals surface area contributed by atoms with Crippen molar-refractivity contribution in [1.29, 1.82) is 0 Å². The first-order valence-corrected chi connectivity index (χ1v) is 8.12. The van der Waals surface area contributed by atoms with E-state index >= 15 is 0 Å². The summed E-state index contributed by atoms with van der Waals surface area (Å²) in [7, 11) is 0. The van der Waals surface area contributed by atoms with E-state index in [0.717, 1.165) is 18.7 Å². The molecule has 1 atom stereocenters. The van der Waals surface area contributed by atoms with Crippen molar-refractivity contribution in [2.75, 3.05) is 13.1 Å². The van der Waals surface area contributed by atoms with Gasteiger partial charge in [-0.1, -0.05) is 6.42 Å². The lowest BCUT2D eigenvalue weighted by Crippen LogP contribution is -2.45. The molecule has 3 heterocycles. The van der Waals surface area contributed by atoms with Gasteiger partial charge in [-0.05, 0) is 50.9 Å². The predicted octanol–water partition coefficient (Wildman–Crippen LogP) is 2.92. The molecule has 3 rings (SSSR count). The number of piperidine rings is 1. The lowest BCUT2D eigenvalue weighted by Gasteiger charge is -2.33. The van der Waals surface area contributed by atoms with Crippen LogP contribution in [0.4, 0.5) is 0 Å². The highest BCUT2D eigenvalue weighted by Gasteiger charge is 2.19. The minimum Gasteiger partial charge on any atom is -0.346 e. The van der Waals surface area contributed by atoms with Gasteiger partial charge in [-0.15, -0.1) is 0 Å². The molecule has 0 amide bonds. The minimum atomic E-state index is 0.551. The molecule has 1 saturated heterocycles. The number of nitrogens with zero attached hydrogens (tertiary/aromatic N) is 2. The molecule has 0 aliphatic carbocycles. The molecule has 2 aromatic rings. The minimum absolute atomic E-state index is 0.551. The van der Waals surface area contributed by atoms with Gasteiger partial charge in [0.1, 0.15) is 5.65 Å². The maximum absolute atomic E-state index is 4.38. The molecule has 0 saturated carbocycles. The predicted molar refractivity (Wildman–Crippen MR) is 87.3 cm³/mol. The highest BCUT2D eigenvalue weighted by Crippen LogP contribution is 2.19. The molecule has 0 bridgehead atoms. The number of aromatic nitrogens is 2. The average Bonchev–Trinajstić information content (AvgIpc) is 2.91. The first kappa shape index (κ1) is 14.5. The first-order valence-electron chi connectivity index (χ1n) is 8.12. The summed E-state index contributed by atoms with van der Waals surface area (Å²) < 4.78 is 0. The van der Waals surface area contributed by atoms with Crippen LogP contribution in [0.3, 0.4) is 0 Å². The summed E-state index contributed by atoms with van der Waals surface area (Å²) >= 11 is 0. The summed E-state index contributed by atoms with van der Waals surface area (Å²) in [6, 6.07) is 5.37. The van der Waals surface area contributed by atoms with E-state index in [1.54, 1.807) is 0 Å². The Bertz CT molecular complexity index is 569. The molecule has 2 N–H and O–H groups in total. The number of nitrogens with one attached hydrogen (secondary N) is 2. The molecular weight excluding hydrogens is 260 g/mol. The van der Waals surface area contributed by atoms with Gasteiger partial charge in [0.15, 0.2) is 0 Å². The van der Waals surface area contributed by atoms with Gasteiger partial charge in [0.2, 0.25) is 0 Å². The SMILES string of the molecule is CC(C)N(Cc1c[nH]c2ncccc12)CC1CCCCN1. The molecule has 0 aromatic carbocycles. The van der Waals surface area contributed by atoms with Crippen LogP contribution < -0.4 is 5.32 Å². The molecule has 0 spiro atoms. The highest BCUT2D eigenvalue weighted by atomic mass is 15.2. The third-order valence-corrected chi connectivity index (χ3v) is 4.51. The van der Waals surface area contributed by atoms with Crippen molar-refractivity contribution in [1.82, 2.24) is 20.2 Å². The van der Waals surface area contributed by atoms with Crippen LogP contribution in [-0.2, 0) is 6.54 Å². The quantitative estimate of drug-likeness (QED) is 0.888. The van der Waals surface area contributed by atoms with Crippen LogP contribution >= 0.6 is 0 Å². The van der Waals surface area contributed by atoms with Crippen molar-refractivity contribution < 1.29 is 0 Å². The van der Waals surface area contributed by atoms with Crippen molar-refractivity contribution in [3.63, 3.8) is 0 Å². The highest BCUT2D eigenvalue weighted by molar-refractivity contribution is 5.79. The number of aromatic amines is 1. The summed E-state index contributed by atoms with van der Waals surface area (Å²) in [5, 5.41) is 4.91. The van der Waals surface area contributed by atoms with E-state index in [1.165, 1.54) is 36.8 Å². The smallest absolute Gasteiger partial charge is 0.137 e. The van der Waals surface area contributed by atoms with E-state index in [2.05, 4.69) is 46.3 Å². The van der Waals surface area contributed by atoms with Crippen molar-refractivity contribution in [3.05, 3.63) is 30.1 Å². The molecule has 4 heteroatoms. The third-order valence-electron chi connectivity index (χ3n) is 4.51. The largest absolute Gasteiger partial charge is 0.346 e. The summed E-state index contributed by atoms with van der Waals surface area (Å²) in [5.74, 6) is 0. The average molecular weight is 286 g/mol. The van der Waals surface area contributed by atoms with E-state index in [-0.39, 0.29) is 0 Å². The van der Waals surface area contributed by atoms with Crippen molar-refractivity contribution in [2.45, 2.75) is 51.7 Å². The van der Waals surface area contributed by atoms with Crippen molar-refractivity contribution in [2.24, 2.45) is 0 Å². The van der Waals surface area contributed by atoms with Crippen LogP contribution in [0, 0.1) is 0 Å². The van der Waals surface area contributed by atoms with Crippen LogP contribution in [-0.4, -0.2) is 40.0 Å². The fourth-order valence-electron chi connectivity index (χ4n) is 3.18. The van der Waals surface area contributed by atoms with Crippen molar-refractivity contribution >= 4 is 11.0 Å². The maximum Gasteiger partial charge on any atom is 0.137 e. The second-order valence-corrected chi connectivity index (χ2v) is 6.38. The molecule has 1 unspecified atom stereocenters. The van der Waals surface area contributed by atoms with E-state index in [4.69, 9.17) is 0 Å². The number of hydrogen-bond acceptors (Lipinski definition) is 3. The lowest BCUT2D eigenvalue weighted by atomic mass is 10.0. The Morgan fingerprint density at radius 2 is 2.29 bits per heavy atom. The zero-order chi connectivity index (χ0) is 14.7. The molecule has 4 nitrogen and oxygen atoms in total. The zero-order valence-electron chi connectivity index (χ0n) is 13.1. The normalized spacial score (nSPS) is 19.7. The standard InChI is InChI=1S/C17H26N4/c1-13(2)21(12-15-6-3-4-8-18-15)11-14-10-20-17-16(14)7-5-9-19-17/h5,7,9-10,13,15,18H,3-4,6,8,11-12H2,1-2H3,(H,19,20). The van der Waals surface area contributed by atoms with Crippen LogP contribution in [0.1, 0.15) is 38.7 Å². The Morgan fingerprint density at radius 3 is 3.05 bits per heavy atom. The molecule has 1 fully saturated rings. The Hall–Kier alpha value is -1.39. The van der Waals surface area contributed by atoms with Crippen LogP contribution in [0.15, 0.2) is 24.5 Å². The van der Waals surface area contributed by atoms with E-state index in [0.29, 0.717) is 12.1 Å². The summed E-state index contributed by atoms with van der Waals surface area (Å²) in [6.45, 7) is 7.87. The van der Waals surface area contributed by atoms with E-state index in [9.17, 15) is 0 Å². The van der Waals surface area contributed by atoms with Gasteiger partial charge in [0, 0.05) is 43.0 Å². The molecular formula is C17H26N4. The molecule has 1 aliphatic rings. The monoisotopic (exact) mass is 286 g/mol. The number of H-pyrrole nitrogens is 1. The van der Waals surface area contributed by atoms with Crippen LogP contribution in [0.2, 0.25) is 0 Å². The fraction of sp³-hybridized carbons (Fsp3) is 0.588. The lowest BCUT2D eigenvalue weighted by molar-refractivity contribution is 0.178. The van der Waals surface area contributed by atoms with Crippen molar-refractivity contribution in [3.8, 4) is 0 Å². The van der Waals surface area contributed by atoms with Gasteiger partial charge in [0.25, 0.3) is 0 Å². The van der Waals surface area contributed by atoms with Gasteiger partial charge >= 0.3 is 0 Å². The first-order chi connectivity index (χ1) is 10.2. The Labute approximate surface area is 126 Å². The zero-order valence-corrected chi connectivity index (χ0v) is 13.1. The van der Waals surface area contributed by atoms with E-state index < -0.39 is 0 Å². The van der Waals surface area contributed by atoms with Gasteiger partial charge in [-0.3, -0.25) is 4.90 Å². The summed E-state index contributed by atoms with van der Waals surface area (Å²) in [4.78, 5) is 10.2. The van der Waals surface area contributed by atoms with Gasteiger partial charge < -0.3 is 10.3 Å². The Balaban J connectivity index is 1.72.